The SMILES string of the molecule is Cc1ccc(N2CC(C(=O)N3CCC(/C(N)=N/O)CC3)CC2=O)cc1C.Cc1cccc(-c2nc(C3CCN(C(=O)C4CC(=O)N(c5ccc(C)c(C)c5)C4)CC3)no2)c1.Cc1cccc(C(=O)Cl)c1. The Labute approximate surface area is 414 Å². The second-order valence-electron chi connectivity index (χ2n) is 19.0. The number of hydrogen-bond acceptors (Lipinski definition) is 10. The number of hydrogen-bond donors (Lipinski definition) is 2. The Bertz CT molecular complexity index is 2760. The summed E-state index contributed by atoms with van der Waals surface area (Å²) in [4.78, 5) is 73.5. The zero-order valence-electron chi connectivity index (χ0n) is 40.9. The summed E-state index contributed by atoms with van der Waals surface area (Å²) < 4.78 is 5.51. The molecule has 70 heavy (non-hydrogen) atoms. The van der Waals surface area contributed by atoms with Crippen LogP contribution in [0.4, 0.5) is 11.4 Å². The maximum absolute atomic E-state index is 13.2. The minimum Gasteiger partial charge on any atom is -0.409 e. The standard InChI is InChI=1S/C27H30N4O3.C19H26N4O3.C8H7ClO/c1-17-5-4-6-21(13-17)26-28-25(29-34-26)20-9-11-30(12-10-20)27(33)22-15-24(32)31(16-22)23-8-7-18(2)19(3)14-23;1-12-3-4-16(9-13(12)2)23-11-15(10-17(23)24)19(25)22-7-5-14(6-8-22)18(20)21-26;1-6-3-2-4-7(5-6)8(9)10/h4-8,13-14,20,22H,9-12,15-16H2,1-3H3;3-4,9,14-15,26H,5-8,10-11H2,1-2H3,(H2,20,21);2-5H,1H3. The topological polar surface area (TPSA) is 196 Å². The van der Waals surface area contributed by atoms with Gasteiger partial charge in [-0.05, 0) is 144 Å². The van der Waals surface area contributed by atoms with Crippen LogP contribution in [-0.2, 0) is 19.2 Å². The number of carbonyl (C=O) groups excluding carboxylic acids is 5. The third kappa shape index (κ3) is 12.3. The van der Waals surface area contributed by atoms with Crippen LogP contribution in [0.1, 0.15) is 94.0 Å². The molecule has 4 amide bonds. The first-order valence-electron chi connectivity index (χ1n) is 24.0. The molecule has 0 bridgehead atoms. The van der Waals surface area contributed by atoms with Crippen LogP contribution in [0.2, 0.25) is 0 Å². The Hall–Kier alpha value is -6.87. The van der Waals surface area contributed by atoms with Gasteiger partial charge in [0.2, 0.25) is 23.6 Å². The molecule has 2 atom stereocenters. The van der Waals surface area contributed by atoms with Gasteiger partial charge in [-0.15, -0.1) is 0 Å². The minimum atomic E-state index is -0.399. The minimum absolute atomic E-state index is 0.00172. The second-order valence-corrected chi connectivity index (χ2v) is 19.4. The molecule has 3 N–H and O–H groups in total. The van der Waals surface area contributed by atoms with Crippen LogP contribution in [0.25, 0.3) is 11.5 Å². The lowest BCUT2D eigenvalue weighted by Crippen LogP contribution is -2.44. The molecule has 0 spiro atoms. The maximum atomic E-state index is 13.2. The molecule has 0 saturated carbocycles. The van der Waals surface area contributed by atoms with E-state index in [0.717, 1.165) is 52.0 Å². The Balaban J connectivity index is 0.000000177. The quantitative estimate of drug-likeness (QED) is 0.0501. The average molecular weight is 972 g/mol. The summed E-state index contributed by atoms with van der Waals surface area (Å²) >= 11 is 5.24. The van der Waals surface area contributed by atoms with E-state index in [9.17, 15) is 24.0 Å². The van der Waals surface area contributed by atoms with Crippen molar-refractivity contribution in [3.05, 3.63) is 130 Å². The highest BCUT2D eigenvalue weighted by Crippen LogP contribution is 2.33. The largest absolute Gasteiger partial charge is 0.409 e. The molecule has 4 aromatic carbocycles. The van der Waals surface area contributed by atoms with Crippen LogP contribution in [0.3, 0.4) is 0 Å². The number of carbonyl (C=O) groups is 5. The van der Waals surface area contributed by atoms with Crippen molar-refractivity contribution in [3.63, 3.8) is 0 Å². The molecule has 0 aliphatic carbocycles. The van der Waals surface area contributed by atoms with Gasteiger partial charge in [0.1, 0.15) is 5.84 Å². The fourth-order valence-electron chi connectivity index (χ4n) is 9.45. The number of amidine groups is 1. The smallest absolute Gasteiger partial charge is 0.257 e. The van der Waals surface area contributed by atoms with Gasteiger partial charge in [-0.2, -0.15) is 4.98 Å². The number of nitrogens with zero attached hydrogens (tertiary/aromatic N) is 7. The molecule has 1 aromatic heterocycles. The van der Waals surface area contributed by atoms with E-state index in [2.05, 4.69) is 22.2 Å². The number of aryl methyl sites for hydroxylation is 6. The molecule has 16 heteroatoms. The number of piperidine rings is 2. The van der Waals surface area contributed by atoms with Crippen molar-refractivity contribution in [2.75, 3.05) is 49.1 Å². The molecule has 368 valence electrons. The number of nitrogens with two attached hydrogens (primary N) is 1. The Morgan fingerprint density at radius 3 is 1.61 bits per heavy atom. The molecule has 4 fully saturated rings. The van der Waals surface area contributed by atoms with Crippen molar-refractivity contribution < 1.29 is 33.7 Å². The predicted molar refractivity (Wildman–Crippen MR) is 270 cm³/mol. The first-order chi connectivity index (χ1) is 33.5. The lowest BCUT2D eigenvalue weighted by Gasteiger charge is -2.32. The summed E-state index contributed by atoms with van der Waals surface area (Å²) in [6, 6.07) is 27.2. The van der Waals surface area contributed by atoms with Crippen LogP contribution in [0.5, 0.6) is 0 Å². The summed E-state index contributed by atoms with van der Waals surface area (Å²) in [6.07, 6.45) is 3.48. The molecule has 5 heterocycles. The fraction of sp³-hybridized carbons (Fsp3) is 0.407. The van der Waals surface area contributed by atoms with Crippen LogP contribution >= 0.6 is 11.6 Å². The monoisotopic (exact) mass is 970 g/mol. The van der Waals surface area contributed by atoms with E-state index < -0.39 is 5.24 Å². The van der Waals surface area contributed by atoms with E-state index in [-0.39, 0.29) is 66.0 Å². The van der Waals surface area contributed by atoms with Crippen molar-refractivity contribution in [3.8, 4) is 11.5 Å². The zero-order chi connectivity index (χ0) is 50.2. The first kappa shape index (κ1) is 51.0. The second kappa shape index (κ2) is 22.7. The van der Waals surface area contributed by atoms with Gasteiger partial charge < -0.3 is 35.1 Å². The number of aromatic nitrogens is 2. The summed E-state index contributed by atoms with van der Waals surface area (Å²) in [5.74, 6) is 1.19. The van der Waals surface area contributed by atoms with Gasteiger partial charge in [0.15, 0.2) is 5.82 Å². The number of rotatable bonds is 8. The third-order valence-electron chi connectivity index (χ3n) is 14.0. The lowest BCUT2D eigenvalue weighted by molar-refractivity contribution is -0.137. The fourth-order valence-corrected chi connectivity index (χ4v) is 9.56. The Morgan fingerprint density at radius 2 is 1.16 bits per heavy atom. The number of oxime groups is 1. The van der Waals surface area contributed by atoms with E-state index in [1.165, 1.54) is 11.1 Å². The number of anilines is 2. The van der Waals surface area contributed by atoms with Crippen molar-refractivity contribution in [1.29, 1.82) is 0 Å². The molecule has 15 nitrogen and oxygen atoms in total. The molecular formula is C54H63ClN8O7. The van der Waals surface area contributed by atoms with Crippen LogP contribution in [0, 0.1) is 59.3 Å². The maximum Gasteiger partial charge on any atom is 0.257 e. The third-order valence-corrected chi connectivity index (χ3v) is 14.2. The van der Waals surface area contributed by atoms with E-state index >= 15 is 0 Å². The zero-order valence-corrected chi connectivity index (χ0v) is 41.6. The van der Waals surface area contributed by atoms with Crippen molar-refractivity contribution in [1.82, 2.24) is 19.9 Å². The van der Waals surface area contributed by atoms with Crippen LogP contribution in [0.15, 0.2) is 94.6 Å². The average Bonchev–Trinajstić information content (AvgIpc) is 4.12. The van der Waals surface area contributed by atoms with Crippen molar-refractivity contribution in [2.24, 2.45) is 28.6 Å². The molecule has 4 aliphatic rings. The first-order valence-corrected chi connectivity index (χ1v) is 24.3. The van der Waals surface area contributed by atoms with Crippen molar-refractivity contribution in [2.45, 2.75) is 86.0 Å². The molecule has 2 unspecified atom stereocenters. The van der Waals surface area contributed by atoms with E-state index in [1.807, 2.05) is 117 Å². The summed E-state index contributed by atoms with van der Waals surface area (Å²) in [5, 5.41) is 15.7. The van der Waals surface area contributed by atoms with Gasteiger partial charge in [0.25, 0.3) is 11.1 Å². The van der Waals surface area contributed by atoms with Gasteiger partial charge in [0.05, 0.1) is 11.8 Å². The van der Waals surface area contributed by atoms with E-state index in [1.54, 1.807) is 21.9 Å². The molecule has 5 aromatic rings. The number of halogens is 1. The molecule has 9 rings (SSSR count). The summed E-state index contributed by atoms with van der Waals surface area (Å²) in [5.41, 5.74) is 15.7. The Morgan fingerprint density at radius 1 is 0.657 bits per heavy atom. The molecule has 4 saturated heterocycles. The van der Waals surface area contributed by atoms with Crippen LogP contribution < -0.4 is 15.5 Å². The molecule has 0 radical (unpaired) electrons. The number of benzene rings is 4. The molecule has 4 aliphatic heterocycles. The van der Waals surface area contributed by atoms with Gasteiger partial charge in [-0.1, -0.05) is 63.9 Å². The van der Waals surface area contributed by atoms with Crippen LogP contribution in [-0.4, -0.2) is 99.1 Å². The normalized spacial score (nSPS) is 18.9. The number of amides is 4. The van der Waals surface area contributed by atoms with Gasteiger partial charge >= 0.3 is 0 Å². The van der Waals surface area contributed by atoms with Gasteiger partial charge in [-0.25, -0.2) is 0 Å². The highest BCUT2D eigenvalue weighted by Gasteiger charge is 2.40. The van der Waals surface area contributed by atoms with Crippen molar-refractivity contribution >= 4 is 57.7 Å². The predicted octanol–water partition coefficient (Wildman–Crippen LogP) is 8.44. The lowest BCUT2D eigenvalue weighted by atomic mass is 9.94. The molecular weight excluding hydrogens is 908 g/mol. The summed E-state index contributed by atoms with van der Waals surface area (Å²) in [6.45, 7) is 15.4. The van der Waals surface area contributed by atoms with Gasteiger partial charge in [-0.3, -0.25) is 24.0 Å². The summed E-state index contributed by atoms with van der Waals surface area (Å²) in [7, 11) is 0. The number of likely N-dealkylation sites (tertiary alicyclic amines) is 2. The van der Waals surface area contributed by atoms with E-state index in [4.69, 9.17) is 27.1 Å². The Kier molecular flexibility index (Phi) is 16.5. The highest BCUT2D eigenvalue weighted by atomic mass is 35.5. The van der Waals surface area contributed by atoms with Gasteiger partial charge in [0, 0.05) is 86.4 Å². The highest BCUT2D eigenvalue weighted by molar-refractivity contribution is 6.67. The van der Waals surface area contributed by atoms with E-state index in [0.29, 0.717) is 69.4 Å².